The molecule has 13 heavy (non-hydrogen) atoms. The maximum Gasteiger partial charge on any atom is 0.213 e. The highest BCUT2D eigenvalue weighted by Crippen LogP contribution is 2.36. The molecule has 0 aliphatic carbocycles. The zero-order valence-corrected chi connectivity index (χ0v) is 9.24. The van der Waals surface area contributed by atoms with E-state index in [1.807, 2.05) is 0 Å². The second-order valence-electron chi connectivity index (χ2n) is 2.25. The van der Waals surface area contributed by atoms with Crippen molar-refractivity contribution in [3.8, 4) is 11.4 Å². The third-order valence-corrected chi connectivity index (χ3v) is 3.09. The van der Waals surface area contributed by atoms with Gasteiger partial charge in [-0.1, -0.05) is 23.2 Å². The number of hydrogen-bond acceptors (Lipinski definition) is 3. The van der Waals surface area contributed by atoms with E-state index in [0.29, 0.717) is 19.3 Å². The lowest BCUT2D eigenvalue weighted by molar-refractivity contribution is 1.08. The number of rotatable bonds is 1. The third-order valence-electron chi connectivity index (χ3n) is 1.41. The first-order valence-electron chi connectivity index (χ1n) is 3.26. The van der Waals surface area contributed by atoms with Gasteiger partial charge in [-0.15, -0.1) is 11.3 Å². The largest absolute Gasteiger partial charge is 0.282 e. The van der Waals surface area contributed by atoms with Crippen LogP contribution in [0.2, 0.25) is 8.67 Å². The highest BCUT2D eigenvalue weighted by molar-refractivity contribution is 7.71. The molecule has 0 aliphatic heterocycles. The Labute approximate surface area is 92.7 Å². The van der Waals surface area contributed by atoms with E-state index in [1.165, 1.54) is 11.3 Å². The van der Waals surface area contributed by atoms with Gasteiger partial charge >= 0.3 is 0 Å². The van der Waals surface area contributed by atoms with E-state index in [0.717, 1.165) is 5.56 Å². The summed E-state index contributed by atoms with van der Waals surface area (Å²) in [5.74, 6) is 0.609. The molecule has 0 spiro atoms. The van der Waals surface area contributed by atoms with Gasteiger partial charge in [-0.3, -0.25) is 10.2 Å². The predicted octanol–water partition coefficient (Wildman–Crippen LogP) is 3.50. The summed E-state index contributed by atoms with van der Waals surface area (Å²) in [5.41, 5.74) is 0.768. The summed E-state index contributed by atoms with van der Waals surface area (Å²) in [6.07, 6.45) is 0. The lowest BCUT2D eigenvalue weighted by Crippen LogP contribution is -1.76. The smallest absolute Gasteiger partial charge is 0.213 e. The van der Waals surface area contributed by atoms with E-state index in [4.69, 9.17) is 35.4 Å². The summed E-state index contributed by atoms with van der Waals surface area (Å²) in [4.78, 5) is 4.02. The first-order chi connectivity index (χ1) is 6.16. The molecule has 0 bridgehead atoms. The molecule has 2 N–H and O–H groups in total. The van der Waals surface area contributed by atoms with E-state index >= 15 is 0 Å². The van der Waals surface area contributed by atoms with Crippen molar-refractivity contribution < 1.29 is 0 Å². The molecule has 0 atom stereocenters. The van der Waals surface area contributed by atoms with Crippen molar-refractivity contribution in [2.75, 3.05) is 0 Å². The van der Waals surface area contributed by atoms with Gasteiger partial charge in [-0.05, 0) is 18.3 Å². The van der Waals surface area contributed by atoms with Crippen LogP contribution in [-0.4, -0.2) is 15.2 Å². The lowest BCUT2D eigenvalue weighted by atomic mass is 10.3. The molecule has 0 radical (unpaired) electrons. The van der Waals surface area contributed by atoms with Crippen LogP contribution >= 0.6 is 46.8 Å². The molecule has 2 aromatic heterocycles. The van der Waals surface area contributed by atoms with Crippen LogP contribution in [0.15, 0.2) is 6.07 Å². The average molecular weight is 252 g/mol. The first-order valence-corrected chi connectivity index (χ1v) is 5.25. The maximum absolute atomic E-state index is 5.92. The zero-order valence-electron chi connectivity index (χ0n) is 6.10. The Morgan fingerprint density at radius 2 is 2.15 bits per heavy atom. The second-order valence-corrected chi connectivity index (χ2v) is 4.93. The summed E-state index contributed by atoms with van der Waals surface area (Å²) in [7, 11) is 0. The van der Waals surface area contributed by atoms with Gasteiger partial charge < -0.3 is 0 Å². The van der Waals surface area contributed by atoms with Gasteiger partial charge in [0.15, 0.2) is 5.82 Å². The molecule has 0 saturated heterocycles. The predicted molar refractivity (Wildman–Crippen MR) is 57.1 cm³/mol. The van der Waals surface area contributed by atoms with E-state index < -0.39 is 0 Å². The van der Waals surface area contributed by atoms with Gasteiger partial charge in [0.1, 0.15) is 4.34 Å². The van der Waals surface area contributed by atoms with Crippen molar-refractivity contribution in [1.29, 1.82) is 0 Å². The molecule has 0 fully saturated rings. The van der Waals surface area contributed by atoms with Gasteiger partial charge in [-0.25, -0.2) is 0 Å². The Hall–Kier alpha value is -0.360. The van der Waals surface area contributed by atoms with Crippen molar-refractivity contribution in [1.82, 2.24) is 15.2 Å². The Morgan fingerprint density at radius 1 is 1.38 bits per heavy atom. The van der Waals surface area contributed by atoms with Gasteiger partial charge in [0.05, 0.1) is 4.34 Å². The molecule has 68 valence electrons. The van der Waals surface area contributed by atoms with Crippen LogP contribution < -0.4 is 0 Å². The van der Waals surface area contributed by atoms with Crippen molar-refractivity contribution in [3.63, 3.8) is 0 Å². The fourth-order valence-electron chi connectivity index (χ4n) is 0.899. The van der Waals surface area contributed by atoms with Crippen molar-refractivity contribution in [2.45, 2.75) is 0 Å². The van der Waals surface area contributed by atoms with E-state index in [1.54, 1.807) is 6.07 Å². The molecule has 0 aromatic carbocycles. The van der Waals surface area contributed by atoms with Crippen LogP contribution in [0.1, 0.15) is 0 Å². The molecule has 2 aromatic rings. The number of H-pyrrole nitrogens is 2. The molecule has 2 heterocycles. The number of thiophene rings is 1. The number of aromatic nitrogens is 3. The molecule has 7 heteroatoms. The lowest BCUT2D eigenvalue weighted by Gasteiger charge is -1.88. The van der Waals surface area contributed by atoms with Crippen LogP contribution in [0, 0.1) is 4.77 Å². The monoisotopic (exact) mass is 251 g/mol. The Kier molecular flexibility index (Phi) is 2.42. The van der Waals surface area contributed by atoms with Crippen LogP contribution in [0.3, 0.4) is 0 Å². The maximum atomic E-state index is 5.92. The van der Waals surface area contributed by atoms with E-state index in [9.17, 15) is 0 Å². The van der Waals surface area contributed by atoms with Gasteiger partial charge in [0.2, 0.25) is 4.77 Å². The fraction of sp³-hybridized carbons (Fsp3) is 0. The van der Waals surface area contributed by atoms with Crippen molar-refractivity contribution in [3.05, 3.63) is 19.5 Å². The highest BCUT2D eigenvalue weighted by Gasteiger charge is 2.10. The van der Waals surface area contributed by atoms with Crippen LogP contribution in [-0.2, 0) is 0 Å². The average Bonchev–Trinajstić information content (AvgIpc) is 2.58. The number of hydrogen-bond donors (Lipinski definition) is 2. The minimum Gasteiger partial charge on any atom is -0.282 e. The molecule has 0 saturated carbocycles. The molecule has 0 aliphatic rings. The van der Waals surface area contributed by atoms with Crippen LogP contribution in [0.4, 0.5) is 0 Å². The summed E-state index contributed by atoms with van der Waals surface area (Å²) < 4.78 is 1.62. The topological polar surface area (TPSA) is 44.5 Å². The quantitative estimate of drug-likeness (QED) is 0.763. The zero-order chi connectivity index (χ0) is 9.42. The molecular weight excluding hydrogens is 249 g/mol. The highest BCUT2D eigenvalue weighted by atomic mass is 35.5. The Balaban J connectivity index is 2.57. The fourth-order valence-corrected chi connectivity index (χ4v) is 2.51. The minimum absolute atomic E-state index is 0.397. The number of halogens is 2. The molecule has 0 amide bonds. The molecular formula is C6H3Cl2N3S2. The SMILES string of the molecule is S=c1nc(-c2cc(Cl)sc2Cl)[nH][nH]1. The Morgan fingerprint density at radius 3 is 2.62 bits per heavy atom. The molecule has 2 rings (SSSR count). The summed E-state index contributed by atoms with van der Waals surface area (Å²) in [6.45, 7) is 0. The molecule has 0 unspecified atom stereocenters. The first kappa shape index (κ1) is 9.21. The van der Waals surface area contributed by atoms with E-state index in [2.05, 4.69) is 15.2 Å². The normalized spacial score (nSPS) is 10.6. The van der Waals surface area contributed by atoms with Gasteiger partial charge in [-0.2, -0.15) is 4.98 Å². The number of nitrogens with one attached hydrogen (secondary N) is 2. The van der Waals surface area contributed by atoms with Gasteiger partial charge in [0, 0.05) is 5.56 Å². The third kappa shape index (κ3) is 1.78. The number of nitrogens with zero attached hydrogens (tertiary/aromatic N) is 1. The second kappa shape index (κ2) is 3.42. The standard InChI is InChI=1S/C6H3Cl2N3S2/c7-3-1-2(4(8)13-3)5-9-6(12)11-10-5/h1H,(H2,9,10,11,12). The van der Waals surface area contributed by atoms with Crippen LogP contribution in [0.5, 0.6) is 0 Å². The minimum atomic E-state index is 0.397. The summed E-state index contributed by atoms with van der Waals surface area (Å²) >= 11 is 17.8. The summed E-state index contributed by atoms with van der Waals surface area (Å²) in [6, 6.07) is 1.75. The van der Waals surface area contributed by atoms with Crippen molar-refractivity contribution >= 4 is 46.8 Å². The summed E-state index contributed by atoms with van der Waals surface area (Å²) in [5, 5.41) is 5.48. The molecule has 3 nitrogen and oxygen atoms in total. The van der Waals surface area contributed by atoms with Crippen LogP contribution in [0.25, 0.3) is 11.4 Å². The Bertz CT molecular complexity index is 484. The van der Waals surface area contributed by atoms with E-state index in [-0.39, 0.29) is 0 Å². The van der Waals surface area contributed by atoms with Crippen molar-refractivity contribution in [2.24, 2.45) is 0 Å². The number of aromatic amines is 2. The van der Waals surface area contributed by atoms with Gasteiger partial charge in [0.25, 0.3) is 0 Å².